The third-order valence-electron chi connectivity index (χ3n) is 4.52. The summed E-state index contributed by atoms with van der Waals surface area (Å²) >= 11 is 0. The zero-order chi connectivity index (χ0) is 17.9. The summed E-state index contributed by atoms with van der Waals surface area (Å²) in [6, 6.07) is 0. The predicted molar refractivity (Wildman–Crippen MR) is 93.5 cm³/mol. The van der Waals surface area contributed by atoms with Gasteiger partial charge in [0.25, 0.3) is 5.91 Å². The fraction of sp³-hybridized carbons (Fsp3) is 0.667. The van der Waals surface area contributed by atoms with E-state index in [1.807, 2.05) is 32.6 Å². The van der Waals surface area contributed by atoms with E-state index in [4.69, 9.17) is 4.74 Å². The third-order valence-corrected chi connectivity index (χ3v) is 4.52. The van der Waals surface area contributed by atoms with Crippen LogP contribution in [0.3, 0.4) is 0 Å². The minimum absolute atomic E-state index is 0.0304. The number of aromatic nitrogens is 1. The predicted octanol–water partition coefficient (Wildman–Crippen LogP) is 2.36. The number of nitrogens with one attached hydrogen (secondary N) is 1. The van der Waals surface area contributed by atoms with Crippen molar-refractivity contribution in [3.05, 3.63) is 22.5 Å². The number of carbonyl (C=O) groups is 2. The standard InChI is InChI=1S/C18H29N3O3/c1-6-20-8-7-9-21(11-10-20)17(22)16-13(4)15(14(5)19-16)18(23)24-12(2)3/h12,19H,6-11H2,1-5H3. The molecule has 1 fully saturated rings. The quantitative estimate of drug-likeness (QED) is 0.858. The van der Waals surface area contributed by atoms with E-state index in [1.165, 1.54) is 0 Å². The van der Waals surface area contributed by atoms with Crippen LogP contribution in [0.25, 0.3) is 0 Å². The normalized spacial score (nSPS) is 16.3. The summed E-state index contributed by atoms with van der Waals surface area (Å²) in [4.78, 5) is 32.5. The molecule has 1 aromatic rings. The average molecular weight is 335 g/mol. The van der Waals surface area contributed by atoms with Crippen molar-refractivity contribution in [2.45, 2.75) is 47.1 Å². The maximum absolute atomic E-state index is 12.9. The van der Waals surface area contributed by atoms with Crippen LogP contribution >= 0.6 is 0 Å². The highest BCUT2D eigenvalue weighted by atomic mass is 16.5. The fourth-order valence-corrected chi connectivity index (χ4v) is 3.19. The molecule has 0 radical (unpaired) electrons. The number of nitrogens with zero attached hydrogens (tertiary/aromatic N) is 2. The van der Waals surface area contributed by atoms with Crippen LogP contribution in [0.2, 0.25) is 0 Å². The van der Waals surface area contributed by atoms with Crippen LogP contribution in [-0.4, -0.2) is 65.5 Å². The summed E-state index contributed by atoms with van der Waals surface area (Å²) in [6.07, 6.45) is 0.789. The Morgan fingerprint density at radius 1 is 1.17 bits per heavy atom. The van der Waals surface area contributed by atoms with Gasteiger partial charge in [0.05, 0.1) is 11.7 Å². The molecule has 134 valence electrons. The van der Waals surface area contributed by atoms with Gasteiger partial charge in [0.15, 0.2) is 0 Å². The van der Waals surface area contributed by atoms with Gasteiger partial charge >= 0.3 is 5.97 Å². The molecule has 2 rings (SSSR count). The molecular weight excluding hydrogens is 306 g/mol. The lowest BCUT2D eigenvalue weighted by molar-refractivity contribution is 0.0376. The van der Waals surface area contributed by atoms with Gasteiger partial charge in [0.1, 0.15) is 5.69 Å². The number of hydrogen-bond acceptors (Lipinski definition) is 4. The van der Waals surface area contributed by atoms with Crippen LogP contribution in [0.4, 0.5) is 0 Å². The molecule has 1 aromatic heterocycles. The molecular formula is C18H29N3O3. The second kappa shape index (κ2) is 7.83. The molecule has 2 heterocycles. The van der Waals surface area contributed by atoms with Gasteiger partial charge in [-0.15, -0.1) is 0 Å². The van der Waals surface area contributed by atoms with Crippen molar-refractivity contribution in [2.24, 2.45) is 0 Å². The number of likely N-dealkylation sites (N-methyl/N-ethyl adjacent to an activating group) is 1. The van der Waals surface area contributed by atoms with Crippen LogP contribution in [0.1, 0.15) is 59.3 Å². The molecule has 0 bridgehead atoms. The lowest BCUT2D eigenvalue weighted by atomic mass is 10.1. The summed E-state index contributed by atoms with van der Waals surface area (Å²) in [5.74, 6) is -0.402. The number of ether oxygens (including phenoxy) is 1. The number of rotatable bonds is 4. The maximum atomic E-state index is 12.9. The number of hydrogen-bond donors (Lipinski definition) is 1. The van der Waals surface area contributed by atoms with Gasteiger partial charge in [-0.25, -0.2) is 4.79 Å². The zero-order valence-electron chi connectivity index (χ0n) is 15.4. The van der Waals surface area contributed by atoms with E-state index in [1.54, 1.807) is 0 Å². The molecule has 0 spiro atoms. The minimum atomic E-state index is -0.372. The number of aromatic amines is 1. The minimum Gasteiger partial charge on any atom is -0.459 e. The highest BCUT2D eigenvalue weighted by Gasteiger charge is 2.27. The molecule has 1 amide bonds. The van der Waals surface area contributed by atoms with E-state index >= 15 is 0 Å². The topological polar surface area (TPSA) is 65.6 Å². The van der Waals surface area contributed by atoms with Gasteiger partial charge in [0.2, 0.25) is 0 Å². The maximum Gasteiger partial charge on any atom is 0.340 e. The third kappa shape index (κ3) is 3.98. The second-order valence-electron chi connectivity index (χ2n) is 6.66. The summed E-state index contributed by atoms with van der Waals surface area (Å²) < 4.78 is 5.29. The zero-order valence-corrected chi connectivity index (χ0v) is 15.4. The van der Waals surface area contributed by atoms with Crippen molar-refractivity contribution < 1.29 is 14.3 Å². The van der Waals surface area contributed by atoms with E-state index in [9.17, 15) is 9.59 Å². The molecule has 0 saturated carbocycles. The Kier molecular flexibility index (Phi) is 6.04. The van der Waals surface area contributed by atoms with Crippen LogP contribution in [-0.2, 0) is 4.74 Å². The van der Waals surface area contributed by atoms with Crippen molar-refractivity contribution in [2.75, 3.05) is 32.7 Å². The van der Waals surface area contributed by atoms with Crippen LogP contribution in [0, 0.1) is 13.8 Å². The molecule has 1 N–H and O–H groups in total. The first-order valence-corrected chi connectivity index (χ1v) is 8.76. The fourth-order valence-electron chi connectivity index (χ4n) is 3.19. The molecule has 0 aliphatic carbocycles. The van der Waals surface area contributed by atoms with Crippen LogP contribution in [0.15, 0.2) is 0 Å². The summed E-state index contributed by atoms with van der Waals surface area (Å²) in [5, 5.41) is 0. The lowest BCUT2D eigenvalue weighted by Gasteiger charge is -2.21. The number of esters is 1. The summed E-state index contributed by atoms with van der Waals surface area (Å²) in [5.41, 5.74) is 2.36. The number of aryl methyl sites for hydroxylation is 1. The Hall–Kier alpha value is -1.82. The molecule has 1 aliphatic heterocycles. The molecule has 0 aromatic carbocycles. The second-order valence-corrected chi connectivity index (χ2v) is 6.66. The number of amides is 1. The van der Waals surface area contributed by atoms with E-state index in [0.29, 0.717) is 22.5 Å². The van der Waals surface area contributed by atoms with E-state index < -0.39 is 0 Å². The highest BCUT2D eigenvalue weighted by molar-refractivity contribution is 6.00. The lowest BCUT2D eigenvalue weighted by Crippen LogP contribution is -2.35. The largest absolute Gasteiger partial charge is 0.459 e. The Labute approximate surface area is 144 Å². The average Bonchev–Trinajstić information content (AvgIpc) is 2.70. The molecule has 6 heteroatoms. The van der Waals surface area contributed by atoms with Crippen molar-refractivity contribution in [3.8, 4) is 0 Å². The van der Waals surface area contributed by atoms with E-state index in [0.717, 1.165) is 39.1 Å². The molecule has 0 atom stereocenters. The molecule has 0 unspecified atom stereocenters. The van der Waals surface area contributed by atoms with Gasteiger partial charge in [0, 0.05) is 25.3 Å². The van der Waals surface area contributed by atoms with Gasteiger partial charge in [-0.3, -0.25) is 4.79 Å². The Morgan fingerprint density at radius 3 is 2.50 bits per heavy atom. The first-order valence-electron chi connectivity index (χ1n) is 8.76. The van der Waals surface area contributed by atoms with Crippen molar-refractivity contribution in [3.63, 3.8) is 0 Å². The first-order chi connectivity index (χ1) is 11.3. The Morgan fingerprint density at radius 2 is 1.88 bits per heavy atom. The number of H-pyrrole nitrogens is 1. The van der Waals surface area contributed by atoms with Crippen molar-refractivity contribution in [1.29, 1.82) is 0 Å². The highest BCUT2D eigenvalue weighted by Crippen LogP contribution is 2.21. The van der Waals surface area contributed by atoms with E-state index in [-0.39, 0.29) is 18.0 Å². The van der Waals surface area contributed by atoms with Gasteiger partial charge in [-0.2, -0.15) is 0 Å². The van der Waals surface area contributed by atoms with Crippen molar-refractivity contribution in [1.82, 2.24) is 14.8 Å². The first kappa shape index (κ1) is 18.5. The summed E-state index contributed by atoms with van der Waals surface area (Å²) in [7, 11) is 0. The summed E-state index contributed by atoms with van der Waals surface area (Å²) in [6.45, 7) is 13.8. The Bertz CT molecular complexity index is 607. The van der Waals surface area contributed by atoms with Gasteiger partial charge in [-0.05, 0) is 52.8 Å². The van der Waals surface area contributed by atoms with Crippen LogP contribution < -0.4 is 0 Å². The monoisotopic (exact) mass is 335 g/mol. The van der Waals surface area contributed by atoms with Gasteiger partial charge < -0.3 is 19.5 Å². The molecule has 1 saturated heterocycles. The Balaban J connectivity index is 2.20. The smallest absolute Gasteiger partial charge is 0.340 e. The molecule has 6 nitrogen and oxygen atoms in total. The molecule has 24 heavy (non-hydrogen) atoms. The van der Waals surface area contributed by atoms with E-state index in [2.05, 4.69) is 16.8 Å². The van der Waals surface area contributed by atoms with Crippen LogP contribution in [0.5, 0.6) is 0 Å². The molecule has 1 aliphatic rings. The number of carbonyl (C=O) groups excluding carboxylic acids is 2. The SMILES string of the molecule is CCN1CCCN(C(=O)c2[nH]c(C)c(C(=O)OC(C)C)c2C)CC1. The van der Waals surface area contributed by atoms with Gasteiger partial charge in [-0.1, -0.05) is 6.92 Å². The van der Waals surface area contributed by atoms with Crippen molar-refractivity contribution >= 4 is 11.9 Å².